The van der Waals surface area contributed by atoms with Crippen LogP contribution in [0.3, 0.4) is 0 Å². The van der Waals surface area contributed by atoms with Crippen LogP contribution in [0.5, 0.6) is 0 Å². The molecule has 1 saturated heterocycles. The fourth-order valence-electron chi connectivity index (χ4n) is 3.44. The van der Waals surface area contributed by atoms with Crippen molar-refractivity contribution in [2.45, 2.75) is 64.0 Å². The average molecular weight is 316 g/mol. The molecule has 2 fully saturated rings. The lowest BCUT2D eigenvalue weighted by atomic mass is 10.1. The van der Waals surface area contributed by atoms with Gasteiger partial charge in [-0.25, -0.2) is 8.42 Å². The first-order valence-electron chi connectivity index (χ1n) is 8.24. The Morgan fingerprint density at radius 3 is 2.33 bits per heavy atom. The predicted molar refractivity (Wildman–Crippen MR) is 83.9 cm³/mol. The van der Waals surface area contributed by atoms with Gasteiger partial charge in [0, 0.05) is 12.1 Å². The Balaban J connectivity index is 1.82. The molecule has 122 valence electrons. The van der Waals surface area contributed by atoms with Gasteiger partial charge in [0.2, 0.25) is 5.91 Å². The number of nitrogens with one attached hydrogen (secondary N) is 1. The van der Waals surface area contributed by atoms with E-state index in [9.17, 15) is 13.2 Å². The molecule has 1 aliphatic carbocycles. The summed E-state index contributed by atoms with van der Waals surface area (Å²) in [7, 11) is -2.89. The molecule has 6 heteroatoms. The minimum absolute atomic E-state index is 0.0138. The molecule has 1 atom stereocenters. The Kier molecular flexibility index (Phi) is 6.05. The van der Waals surface area contributed by atoms with Crippen LogP contribution in [0.25, 0.3) is 0 Å². The first-order valence-corrected chi connectivity index (χ1v) is 10.1. The lowest BCUT2D eigenvalue weighted by Gasteiger charge is -2.27. The lowest BCUT2D eigenvalue weighted by Crippen LogP contribution is -2.46. The second-order valence-electron chi connectivity index (χ2n) is 6.38. The highest BCUT2D eigenvalue weighted by molar-refractivity contribution is 7.91. The van der Waals surface area contributed by atoms with Crippen molar-refractivity contribution in [2.75, 3.05) is 24.6 Å². The SMILES string of the molecule is CCN(CC(=O)NC1CCCCCC1)C1CCS(=O)(=O)C1. The molecule has 1 aliphatic heterocycles. The molecule has 2 aliphatic rings. The van der Waals surface area contributed by atoms with Gasteiger partial charge in [-0.2, -0.15) is 0 Å². The van der Waals surface area contributed by atoms with E-state index in [0.29, 0.717) is 19.0 Å². The van der Waals surface area contributed by atoms with Crippen LogP contribution in [0, 0.1) is 0 Å². The van der Waals surface area contributed by atoms with E-state index in [1.165, 1.54) is 25.7 Å². The van der Waals surface area contributed by atoms with E-state index in [2.05, 4.69) is 5.32 Å². The van der Waals surface area contributed by atoms with E-state index in [-0.39, 0.29) is 23.5 Å². The van der Waals surface area contributed by atoms with E-state index >= 15 is 0 Å². The largest absolute Gasteiger partial charge is 0.352 e. The van der Waals surface area contributed by atoms with Crippen molar-refractivity contribution in [1.82, 2.24) is 10.2 Å². The predicted octanol–water partition coefficient (Wildman–Crippen LogP) is 1.33. The summed E-state index contributed by atoms with van der Waals surface area (Å²) in [5, 5.41) is 3.14. The number of hydrogen-bond donors (Lipinski definition) is 1. The third-order valence-electron chi connectivity index (χ3n) is 4.70. The summed E-state index contributed by atoms with van der Waals surface area (Å²) in [6.07, 6.45) is 7.76. The zero-order valence-corrected chi connectivity index (χ0v) is 13.8. The van der Waals surface area contributed by atoms with Crippen molar-refractivity contribution < 1.29 is 13.2 Å². The molecule has 1 unspecified atom stereocenters. The van der Waals surface area contributed by atoms with Crippen LogP contribution in [-0.4, -0.2) is 55.9 Å². The highest BCUT2D eigenvalue weighted by atomic mass is 32.2. The van der Waals surface area contributed by atoms with Gasteiger partial charge in [0.1, 0.15) is 0 Å². The van der Waals surface area contributed by atoms with Crippen LogP contribution in [0.15, 0.2) is 0 Å². The van der Waals surface area contributed by atoms with Crippen molar-refractivity contribution in [2.24, 2.45) is 0 Å². The molecule has 0 radical (unpaired) electrons. The summed E-state index contributed by atoms with van der Waals surface area (Å²) in [6, 6.07) is 0.325. The minimum atomic E-state index is -2.89. The Hall–Kier alpha value is -0.620. The fraction of sp³-hybridized carbons (Fsp3) is 0.933. The number of rotatable bonds is 5. The van der Waals surface area contributed by atoms with Crippen molar-refractivity contribution in [3.05, 3.63) is 0 Å². The zero-order chi connectivity index (χ0) is 15.3. The van der Waals surface area contributed by atoms with Gasteiger partial charge in [0.15, 0.2) is 9.84 Å². The van der Waals surface area contributed by atoms with Gasteiger partial charge in [0.05, 0.1) is 18.1 Å². The Bertz CT molecular complexity index is 442. The van der Waals surface area contributed by atoms with Crippen LogP contribution in [0.1, 0.15) is 51.9 Å². The third-order valence-corrected chi connectivity index (χ3v) is 6.45. The number of sulfone groups is 1. The topological polar surface area (TPSA) is 66.5 Å². The molecule has 0 aromatic heterocycles. The van der Waals surface area contributed by atoms with E-state index in [1.807, 2.05) is 11.8 Å². The molecular formula is C15H28N2O3S. The number of likely N-dealkylation sites (N-methyl/N-ethyl adjacent to an activating group) is 1. The summed E-state index contributed by atoms with van der Waals surface area (Å²) in [4.78, 5) is 14.2. The summed E-state index contributed by atoms with van der Waals surface area (Å²) >= 11 is 0. The standard InChI is InChI=1S/C15H28N2O3S/c1-2-17(14-9-10-21(19,20)12-14)11-15(18)16-13-7-5-3-4-6-8-13/h13-14H,2-12H2,1H3,(H,16,18). The van der Waals surface area contributed by atoms with E-state index in [1.54, 1.807) is 0 Å². The van der Waals surface area contributed by atoms with E-state index in [4.69, 9.17) is 0 Å². The second-order valence-corrected chi connectivity index (χ2v) is 8.60. The molecule has 21 heavy (non-hydrogen) atoms. The van der Waals surface area contributed by atoms with Crippen LogP contribution >= 0.6 is 0 Å². The molecule has 0 bridgehead atoms. The van der Waals surface area contributed by atoms with Crippen LogP contribution in [0.2, 0.25) is 0 Å². The molecule has 0 aromatic rings. The molecule has 0 aromatic carbocycles. The summed E-state index contributed by atoms with van der Waals surface area (Å²) in [5.41, 5.74) is 0. The maximum Gasteiger partial charge on any atom is 0.234 e. The van der Waals surface area contributed by atoms with Gasteiger partial charge >= 0.3 is 0 Å². The van der Waals surface area contributed by atoms with Crippen LogP contribution in [0.4, 0.5) is 0 Å². The molecule has 0 spiro atoms. The van der Waals surface area contributed by atoms with Crippen molar-refractivity contribution >= 4 is 15.7 Å². The first kappa shape index (κ1) is 16.7. The van der Waals surface area contributed by atoms with Gasteiger partial charge in [0.25, 0.3) is 0 Å². The normalized spacial score (nSPS) is 26.7. The van der Waals surface area contributed by atoms with E-state index in [0.717, 1.165) is 19.4 Å². The number of hydrogen-bond acceptors (Lipinski definition) is 4. The van der Waals surface area contributed by atoms with Crippen LogP contribution < -0.4 is 5.32 Å². The number of carbonyl (C=O) groups is 1. The number of amides is 1. The van der Waals surface area contributed by atoms with Crippen LogP contribution in [-0.2, 0) is 14.6 Å². The molecule has 1 heterocycles. The van der Waals surface area contributed by atoms with Crippen molar-refractivity contribution in [3.8, 4) is 0 Å². The Morgan fingerprint density at radius 2 is 1.81 bits per heavy atom. The Labute approximate surface area is 128 Å². The van der Waals surface area contributed by atoms with Gasteiger partial charge in [-0.1, -0.05) is 32.6 Å². The Morgan fingerprint density at radius 1 is 1.14 bits per heavy atom. The number of nitrogens with zero attached hydrogens (tertiary/aromatic N) is 1. The quantitative estimate of drug-likeness (QED) is 0.777. The molecule has 1 N–H and O–H groups in total. The first-order chi connectivity index (χ1) is 10.00. The summed E-state index contributed by atoms with van der Waals surface area (Å²) in [5.74, 6) is 0.517. The van der Waals surface area contributed by atoms with E-state index < -0.39 is 9.84 Å². The molecule has 2 rings (SSSR count). The third kappa shape index (κ3) is 5.25. The minimum Gasteiger partial charge on any atom is -0.352 e. The van der Waals surface area contributed by atoms with Gasteiger partial charge in [-0.15, -0.1) is 0 Å². The average Bonchev–Trinajstić information content (AvgIpc) is 2.64. The highest BCUT2D eigenvalue weighted by Gasteiger charge is 2.32. The zero-order valence-electron chi connectivity index (χ0n) is 13.0. The van der Waals surface area contributed by atoms with Gasteiger partial charge in [-0.3, -0.25) is 9.69 Å². The maximum atomic E-state index is 12.2. The number of carbonyl (C=O) groups excluding carboxylic acids is 1. The van der Waals surface area contributed by atoms with Gasteiger partial charge in [-0.05, 0) is 25.8 Å². The highest BCUT2D eigenvalue weighted by Crippen LogP contribution is 2.19. The smallest absolute Gasteiger partial charge is 0.234 e. The molecule has 5 nitrogen and oxygen atoms in total. The van der Waals surface area contributed by atoms with Gasteiger partial charge < -0.3 is 5.32 Å². The van der Waals surface area contributed by atoms with Crippen molar-refractivity contribution in [1.29, 1.82) is 0 Å². The monoisotopic (exact) mass is 316 g/mol. The second kappa shape index (κ2) is 7.58. The molecule has 1 amide bonds. The maximum absolute atomic E-state index is 12.2. The summed E-state index contributed by atoms with van der Waals surface area (Å²) in [6.45, 7) is 3.04. The van der Waals surface area contributed by atoms with Crippen molar-refractivity contribution in [3.63, 3.8) is 0 Å². The molecular weight excluding hydrogens is 288 g/mol. The summed E-state index contributed by atoms with van der Waals surface area (Å²) < 4.78 is 23.1. The lowest BCUT2D eigenvalue weighted by molar-refractivity contribution is -0.123. The fourth-order valence-corrected chi connectivity index (χ4v) is 5.21. The molecule has 1 saturated carbocycles.